The van der Waals surface area contributed by atoms with Gasteiger partial charge in [-0.25, -0.2) is 4.98 Å². The second-order valence-corrected chi connectivity index (χ2v) is 9.07. The van der Waals surface area contributed by atoms with Crippen LogP contribution in [0.5, 0.6) is 0 Å². The number of carbonyl (C=O) groups excluding carboxylic acids is 2. The Kier molecular flexibility index (Phi) is 5.25. The van der Waals surface area contributed by atoms with Gasteiger partial charge >= 0.3 is 0 Å². The number of anilines is 1. The Morgan fingerprint density at radius 2 is 1.90 bits per heavy atom. The lowest BCUT2D eigenvalue weighted by atomic mass is 9.92. The Morgan fingerprint density at radius 1 is 1.10 bits per heavy atom. The first-order valence-corrected chi connectivity index (χ1v) is 11.5. The molecule has 2 aromatic heterocycles. The Bertz CT molecular complexity index is 1060. The molecule has 2 fully saturated rings. The zero-order valence-corrected chi connectivity index (χ0v) is 17.5. The number of nitrogens with zero attached hydrogens (tertiary/aromatic N) is 3. The van der Waals surface area contributed by atoms with Gasteiger partial charge in [0.15, 0.2) is 0 Å². The van der Waals surface area contributed by atoms with Gasteiger partial charge in [-0.1, -0.05) is 18.0 Å². The van der Waals surface area contributed by atoms with Crippen LogP contribution in [-0.4, -0.2) is 39.9 Å². The summed E-state index contributed by atoms with van der Waals surface area (Å²) in [6.07, 6.45) is 6.14. The van der Waals surface area contributed by atoms with Crippen LogP contribution in [0.15, 0.2) is 34.3 Å². The molecule has 156 valence electrons. The van der Waals surface area contributed by atoms with Crippen LogP contribution < -0.4 is 5.32 Å². The van der Waals surface area contributed by atoms with Crippen LogP contribution in [0.1, 0.15) is 60.7 Å². The minimum atomic E-state index is -0.313. The van der Waals surface area contributed by atoms with Crippen LogP contribution in [0, 0.1) is 5.92 Å². The van der Waals surface area contributed by atoms with Crippen molar-refractivity contribution in [2.45, 2.75) is 44.4 Å². The van der Waals surface area contributed by atoms with E-state index in [-0.39, 0.29) is 23.5 Å². The zero-order chi connectivity index (χ0) is 20.5. The molecule has 0 atom stereocenters. The van der Waals surface area contributed by atoms with Crippen molar-refractivity contribution in [1.82, 2.24) is 15.0 Å². The standard InChI is InChI=1S/C22H24N4O3S/c27-21(24-16-5-6-17-20(11-16)30-13-23-17)19-12-18(25-29-19)14-7-9-26(10-8-14)22(28)15-3-1-2-4-15/h5-6,11-15H,1-4,7-10H2,(H,24,27). The van der Waals surface area contributed by atoms with Crippen molar-refractivity contribution in [2.75, 3.05) is 18.4 Å². The topological polar surface area (TPSA) is 88.3 Å². The lowest BCUT2D eigenvalue weighted by molar-refractivity contribution is -0.136. The van der Waals surface area contributed by atoms with Gasteiger partial charge in [-0.05, 0) is 43.9 Å². The smallest absolute Gasteiger partial charge is 0.294 e. The van der Waals surface area contributed by atoms with Crippen molar-refractivity contribution in [3.8, 4) is 0 Å². The van der Waals surface area contributed by atoms with Crippen LogP contribution in [0.4, 0.5) is 5.69 Å². The minimum Gasteiger partial charge on any atom is -0.351 e. The van der Waals surface area contributed by atoms with Crippen LogP contribution in [-0.2, 0) is 4.79 Å². The van der Waals surface area contributed by atoms with Gasteiger partial charge in [0.1, 0.15) is 0 Å². The maximum absolute atomic E-state index is 12.6. The number of hydrogen-bond donors (Lipinski definition) is 1. The molecule has 2 aliphatic rings. The molecule has 5 rings (SSSR count). The number of rotatable bonds is 4. The van der Waals surface area contributed by atoms with Crippen LogP contribution >= 0.6 is 11.3 Å². The van der Waals surface area contributed by atoms with E-state index in [1.165, 1.54) is 24.2 Å². The minimum absolute atomic E-state index is 0.207. The molecule has 3 aromatic rings. The van der Waals surface area contributed by atoms with E-state index in [1.807, 2.05) is 23.1 Å². The molecule has 3 heterocycles. The lowest BCUT2D eigenvalue weighted by Gasteiger charge is -2.32. The summed E-state index contributed by atoms with van der Waals surface area (Å²) >= 11 is 1.53. The molecule has 2 amide bonds. The van der Waals surface area contributed by atoms with E-state index in [9.17, 15) is 9.59 Å². The third kappa shape index (κ3) is 3.84. The van der Waals surface area contributed by atoms with Crippen LogP contribution in [0.25, 0.3) is 10.2 Å². The average molecular weight is 425 g/mol. The molecule has 1 aliphatic carbocycles. The normalized spacial score (nSPS) is 18.2. The summed E-state index contributed by atoms with van der Waals surface area (Å²) in [5.41, 5.74) is 4.20. The number of amides is 2. The number of hydrogen-bond acceptors (Lipinski definition) is 6. The van der Waals surface area contributed by atoms with Gasteiger partial charge in [0.25, 0.3) is 5.91 Å². The summed E-state index contributed by atoms with van der Waals surface area (Å²) < 4.78 is 6.35. The van der Waals surface area contributed by atoms with Gasteiger partial charge < -0.3 is 14.7 Å². The molecule has 8 heteroatoms. The van der Waals surface area contributed by atoms with Crippen LogP contribution in [0.3, 0.4) is 0 Å². The summed E-state index contributed by atoms with van der Waals surface area (Å²) in [7, 11) is 0. The Morgan fingerprint density at radius 3 is 2.70 bits per heavy atom. The molecule has 0 spiro atoms. The Hall–Kier alpha value is -2.74. The zero-order valence-electron chi connectivity index (χ0n) is 16.7. The summed E-state index contributed by atoms with van der Waals surface area (Å²) in [6, 6.07) is 7.35. The van der Waals surface area contributed by atoms with E-state index in [1.54, 1.807) is 11.6 Å². The number of nitrogens with one attached hydrogen (secondary N) is 1. The summed E-state index contributed by atoms with van der Waals surface area (Å²) in [6.45, 7) is 1.51. The fraction of sp³-hybridized carbons (Fsp3) is 0.455. The van der Waals surface area contributed by atoms with E-state index in [0.717, 1.165) is 54.7 Å². The van der Waals surface area contributed by atoms with Crippen molar-refractivity contribution < 1.29 is 14.1 Å². The molecule has 0 radical (unpaired) electrons. The monoisotopic (exact) mass is 424 g/mol. The molecule has 30 heavy (non-hydrogen) atoms. The van der Waals surface area contributed by atoms with E-state index >= 15 is 0 Å². The van der Waals surface area contributed by atoms with Gasteiger partial charge in [-0.15, -0.1) is 11.3 Å². The number of thiazole rings is 1. The van der Waals surface area contributed by atoms with Gasteiger partial charge in [0, 0.05) is 36.7 Å². The number of carbonyl (C=O) groups is 2. The highest BCUT2D eigenvalue weighted by molar-refractivity contribution is 7.16. The highest BCUT2D eigenvalue weighted by Crippen LogP contribution is 2.32. The van der Waals surface area contributed by atoms with Gasteiger partial charge in [-0.2, -0.15) is 0 Å². The molecular formula is C22H24N4O3S. The molecule has 0 unspecified atom stereocenters. The molecule has 0 bridgehead atoms. The van der Waals surface area contributed by atoms with E-state index in [4.69, 9.17) is 4.52 Å². The summed E-state index contributed by atoms with van der Waals surface area (Å²) in [5.74, 6) is 0.666. The third-order valence-electron chi connectivity index (χ3n) is 6.27. The Labute approximate surface area is 178 Å². The van der Waals surface area contributed by atoms with E-state index < -0.39 is 0 Å². The molecule has 1 N–H and O–H groups in total. The fourth-order valence-electron chi connectivity index (χ4n) is 4.54. The molecule has 1 saturated carbocycles. The first-order valence-electron chi connectivity index (χ1n) is 10.6. The van der Waals surface area contributed by atoms with Gasteiger partial charge in [0.2, 0.25) is 11.7 Å². The fourth-order valence-corrected chi connectivity index (χ4v) is 5.26. The molecule has 1 aromatic carbocycles. The van der Waals surface area contributed by atoms with Gasteiger partial charge in [0.05, 0.1) is 21.4 Å². The SMILES string of the molecule is O=C(Nc1ccc2ncsc2c1)c1cc(C2CCN(C(=O)C3CCCC3)CC2)no1. The summed E-state index contributed by atoms with van der Waals surface area (Å²) in [5, 5.41) is 7.01. The van der Waals surface area contributed by atoms with Crippen molar-refractivity contribution in [1.29, 1.82) is 0 Å². The van der Waals surface area contributed by atoms with Crippen molar-refractivity contribution in [2.24, 2.45) is 5.92 Å². The Balaban J connectivity index is 1.19. The molecule has 1 saturated heterocycles. The second kappa shape index (κ2) is 8.18. The highest BCUT2D eigenvalue weighted by Gasteiger charge is 2.31. The lowest BCUT2D eigenvalue weighted by Crippen LogP contribution is -2.40. The number of piperidine rings is 1. The average Bonchev–Trinajstić information content (AvgIpc) is 3.54. The quantitative estimate of drug-likeness (QED) is 0.669. The first-order chi connectivity index (χ1) is 14.7. The molecule has 1 aliphatic heterocycles. The molecule has 7 nitrogen and oxygen atoms in total. The highest BCUT2D eigenvalue weighted by atomic mass is 32.1. The molecular weight excluding hydrogens is 400 g/mol. The van der Waals surface area contributed by atoms with Gasteiger partial charge in [-0.3, -0.25) is 9.59 Å². The number of aromatic nitrogens is 2. The predicted octanol–water partition coefficient (Wildman–Crippen LogP) is 4.43. The predicted molar refractivity (Wildman–Crippen MR) is 115 cm³/mol. The summed E-state index contributed by atoms with van der Waals surface area (Å²) in [4.78, 5) is 31.4. The maximum Gasteiger partial charge on any atom is 0.294 e. The van der Waals surface area contributed by atoms with Crippen LogP contribution in [0.2, 0.25) is 0 Å². The first kappa shape index (κ1) is 19.2. The number of fused-ring (bicyclic) bond motifs is 1. The van der Waals surface area contributed by atoms with Crippen molar-refractivity contribution in [3.63, 3.8) is 0 Å². The van der Waals surface area contributed by atoms with Crippen molar-refractivity contribution >= 4 is 39.1 Å². The van der Waals surface area contributed by atoms with E-state index in [0.29, 0.717) is 11.6 Å². The third-order valence-corrected chi connectivity index (χ3v) is 7.06. The number of likely N-dealkylation sites (tertiary alicyclic amines) is 1. The van der Waals surface area contributed by atoms with E-state index in [2.05, 4.69) is 15.5 Å². The second-order valence-electron chi connectivity index (χ2n) is 8.19. The maximum atomic E-state index is 12.6. The largest absolute Gasteiger partial charge is 0.351 e. The van der Waals surface area contributed by atoms with Crippen molar-refractivity contribution in [3.05, 3.63) is 41.2 Å². The number of benzene rings is 1.